The van der Waals surface area contributed by atoms with E-state index in [9.17, 15) is 18.0 Å². The molecule has 0 aliphatic carbocycles. The molecular weight excluding hydrogens is 243 g/mol. The molecule has 90 valence electrons. The Morgan fingerprint density at radius 2 is 2.25 bits per heavy atom. The first-order valence-corrected chi connectivity index (χ1v) is 5.39. The van der Waals surface area contributed by atoms with Crippen molar-refractivity contribution in [2.75, 3.05) is 13.2 Å². The molecule has 0 aromatic carbocycles. The Hall–Kier alpha value is -0.950. The molecule has 1 heterocycles. The summed E-state index contributed by atoms with van der Waals surface area (Å²) in [5, 5.41) is 0. The first-order valence-electron chi connectivity index (χ1n) is 4.51. The van der Waals surface area contributed by atoms with E-state index in [1.807, 2.05) is 0 Å². The summed E-state index contributed by atoms with van der Waals surface area (Å²) in [5.41, 5.74) is 1.60. The molecule has 16 heavy (non-hydrogen) atoms. The smallest absolute Gasteiger partial charge is 0.372 e. The largest absolute Gasteiger partial charge is 0.411 e. The van der Waals surface area contributed by atoms with Crippen molar-refractivity contribution in [2.45, 2.75) is 19.0 Å². The molecule has 0 radical (unpaired) electrons. The van der Waals surface area contributed by atoms with Gasteiger partial charge < -0.3 is 4.74 Å². The molecule has 0 fully saturated rings. The van der Waals surface area contributed by atoms with Crippen LogP contribution < -0.4 is 0 Å². The molecule has 0 unspecified atom stereocenters. The highest BCUT2D eigenvalue weighted by atomic mass is 32.1. The zero-order chi connectivity index (χ0) is 12.0. The Labute approximate surface area is 94.3 Å². The highest BCUT2D eigenvalue weighted by Crippen LogP contribution is 2.14. The predicted octanol–water partition coefficient (Wildman–Crippen LogP) is 2.22. The quantitative estimate of drug-likeness (QED) is 0.730. The number of alkyl halides is 3. The zero-order valence-electron chi connectivity index (χ0n) is 8.29. The second kappa shape index (κ2) is 5.95. The third kappa shape index (κ3) is 5.82. The summed E-state index contributed by atoms with van der Waals surface area (Å²) in [6.45, 7) is -1.50. The van der Waals surface area contributed by atoms with Crippen LogP contribution in [0.2, 0.25) is 0 Å². The Morgan fingerprint density at radius 3 is 2.81 bits per heavy atom. The maximum atomic E-state index is 11.7. The minimum atomic E-state index is -4.33. The highest BCUT2D eigenvalue weighted by Gasteiger charge is 2.27. The van der Waals surface area contributed by atoms with Gasteiger partial charge in [-0.1, -0.05) is 0 Å². The van der Waals surface area contributed by atoms with Gasteiger partial charge in [-0.05, 0) is 0 Å². The summed E-state index contributed by atoms with van der Waals surface area (Å²) in [5.74, 6) is -0.147. The molecule has 0 spiro atoms. The molecule has 0 amide bonds. The molecule has 3 nitrogen and oxygen atoms in total. The number of hydrogen-bond acceptors (Lipinski definition) is 4. The second-order valence-corrected chi connectivity index (χ2v) is 4.07. The Kier molecular flexibility index (Phi) is 4.88. The number of Topliss-reactive ketones (excluding diaryl/α,β-unsaturated/α-hetero) is 1. The van der Waals surface area contributed by atoms with Gasteiger partial charge in [0.25, 0.3) is 0 Å². The van der Waals surface area contributed by atoms with Crippen LogP contribution in [0.3, 0.4) is 0 Å². The lowest BCUT2D eigenvalue weighted by atomic mass is 10.2. The van der Waals surface area contributed by atoms with Gasteiger partial charge in [0, 0.05) is 23.9 Å². The van der Waals surface area contributed by atoms with Crippen molar-refractivity contribution >= 4 is 17.1 Å². The maximum absolute atomic E-state index is 11.7. The molecule has 0 bridgehead atoms. The Balaban J connectivity index is 2.12. The van der Waals surface area contributed by atoms with E-state index in [4.69, 9.17) is 0 Å². The number of ether oxygens (including phenoxy) is 1. The van der Waals surface area contributed by atoms with Gasteiger partial charge in [-0.15, -0.1) is 11.3 Å². The minimum Gasteiger partial charge on any atom is -0.372 e. The lowest BCUT2D eigenvalue weighted by molar-refractivity contribution is -0.174. The van der Waals surface area contributed by atoms with Crippen LogP contribution >= 0.6 is 11.3 Å². The lowest BCUT2D eigenvalue weighted by Gasteiger charge is -2.06. The van der Waals surface area contributed by atoms with Gasteiger partial charge in [-0.25, -0.2) is 0 Å². The van der Waals surface area contributed by atoms with Crippen LogP contribution in [0.4, 0.5) is 13.2 Å². The number of carbonyl (C=O) groups is 1. The number of aromatic nitrogens is 1. The van der Waals surface area contributed by atoms with Gasteiger partial charge in [0.05, 0.1) is 12.1 Å². The molecule has 1 aromatic heterocycles. The minimum absolute atomic E-state index is 0.00597. The van der Waals surface area contributed by atoms with Crippen molar-refractivity contribution in [1.29, 1.82) is 0 Å². The summed E-state index contributed by atoms with van der Waals surface area (Å²) in [6, 6.07) is 0. The van der Waals surface area contributed by atoms with Crippen LogP contribution in [0.1, 0.15) is 11.3 Å². The van der Waals surface area contributed by atoms with Crippen LogP contribution in [-0.4, -0.2) is 30.2 Å². The fraction of sp³-hybridized carbons (Fsp3) is 0.556. The molecule has 7 heteroatoms. The monoisotopic (exact) mass is 253 g/mol. The average molecular weight is 253 g/mol. The topological polar surface area (TPSA) is 39.2 Å². The van der Waals surface area contributed by atoms with Crippen molar-refractivity contribution in [3.05, 3.63) is 16.6 Å². The average Bonchev–Trinajstić information content (AvgIpc) is 2.63. The number of carbonyl (C=O) groups excluding carboxylic acids is 1. The maximum Gasteiger partial charge on any atom is 0.411 e. The van der Waals surface area contributed by atoms with Crippen LogP contribution in [0.25, 0.3) is 0 Å². The van der Waals surface area contributed by atoms with Crippen molar-refractivity contribution in [2.24, 2.45) is 0 Å². The molecule has 0 saturated carbocycles. The van der Waals surface area contributed by atoms with E-state index < -0.39 is 12.8 Å². The lowest BCUT2D eigenvalue weighted by Crippen LogP contribution is -2.18. The molecular formula is C9H10F3NO2S. The summed E-state index contributed by atoms with van der Waals surface area (Å²) >= 11 is 1.34. The first-order chi connectivity index (χ1) is 7.47. The molecule has 0 aliphatic rings. The third-order valence-corrected chi connectivity index (χ3v) is 2.43. The normalized spacial score (nSPS) is 11.7. The van der Waals surface area contributed by atoms with E-state index in [0.717, 1.165) is 4.88 Å². The van der Waals surface area contributed by atoms with Gasteiger partial charge in [0.1, 0.15) is 12.4 Å². The van der Waals surface area contributed by atoms with E-state index in [-0.39, 0.29) is 25.2 Å². The van der Waals surface area contributed by atoms with Crippen molar-refractivity contribution < 1.29 is 22.7 Å². The summed E-state index contributed by atoms with van der Waals surface area (Å²) in [6.07, 6.45) is -2.56. The van der Waals surface area contributed by atoms with Crippen LogP contribution in [0, 0.1) is 0 Å². The number of rotatable bonds is 6. The fourth-order valence-corrected chi connectivity index (χ4v) is 1.61. The van der Waals surface area contributed by atoms with Gasteiger partial charge in [-0.3, -0.25) is 9.78 Å². The van der Waals surface area contributed by atoms with Crippen molar-refractivity contribution in [3.63, 3.8) is 0 Å². The van der Waals surface area contributed by atoms with Crippen molar-refractivity contribution in [3.8, 4) is 0 Å². The Morgan fingerprint density at radius 1 is 1.50 bits per heavy atom. The highest BCUT2D eigenvalue weighted by molar-refractivity contribution is 7.09. The van der Waals surface area contributed by atoms with Gasteiger partial charge in [0.2, 0.25) is 0 Å². The van der Waals surface area contributed by atoms with Crippen LogP contribution in [-0.2, 0) is 16.0 Å². The number of halogens is 3. The van der Waals surface area contributed by atoms with E-state index in [0.29, 0.717) is 0 Å². The SMILES string of the molecule is O=C(CCOCC(F)(F)F)Cc1cncs1. The van der Waals surface area contributed by atoms with Crippen LogP contribution in [0.5, 0.6) is 0 Å². The molecule has 0 saturated heterocycles. The van der Waals surface area contributed by atoms with Gasteiger partial charge in [-0.2, -0.15) is 13.2 Å². The molecule has 0 N–H and O–H groups in total. The number of hydrogen-bond donors (Lipinski definition) is 0. The van der Waals surface area contributed by atoms with Gasteiger partial charge >= 0.3 is 6.18 Å². The second-order valence-electron chi connectivity index (χ2n) is 3.10. The van der Waals surface area contributed by atoms with Crippen molar-refractivity contribution in [1.82, 2.24) is 4.98 Å². The number of nitrogens with zero attached hydrogens (tertiary/aromatic N) is 1. The standard InChI is InChI=1S/C9H10F3NO2S/c10-9(11,12)5-15-2-1-7(14)3-8-4-13-6-16-8/h4,6H,1-3,5H2. The molecule has 1 aromatic rings. The van der Waals surface area contributed by atoms with Crippen LogP contribution in [0.15, 0.2) is 11.7 Å². The summed E-state index contributed by atoms with van der Waals surface area (Å²) < 4.78 is 39.3. The number of ketones is 1. The summed E-state index contributed by atoms with van der Waals surface area (Å²) in [4.78, 5) is 15.8. The third-order valence-electron chi connectivity index (χ3n) is 1.65. The predicted molar refractivity (Wildman–Crippen MR) is 52.3 cm³/mol. The van der Waals surface area contributed by atoms with E-state index in [2.05, 4.69) is 9.72 Å². The van der Waals surface area contributed by atoms with E-state index >= 15 is 0 Å². The summed E-state index contributed by atoms with van der Waals surface area (Å²) in [7, 11) is 0. The van der Waals surface area contributed by atoms with E-state index in [1.54, 1.807) is 11.7 Å². The molecule has 1 rings (SSSR count). The van der Waals surface area contributed by atoms with Gasteiger partial charge in [0.15, 0.2) is 0 Å². The Bertz CT molecular complexity index is 324. The fourth-order valence-electron chi connectivity index (χ4n) is 0.986. The number of thiazole rings is 1. The molecule has 0 aliphatic heterocycles. The first kappa shape index (κ1) is 13.1. The van der Waals surface area contributed by atoms with E-state index in [1.165, 1.54) is 11.3 Å². The zero-order valence-corrected chi connectivity index (χ0v) is 9.11. The molecule has 0 atom stereocenters.